The Bertz CT molecular complexity index is 478. The van der Waals surface area contributed by atoms with Gasteiger partial charge in [0.2, 0.25) is 11.8 Å². The molecule has 0 aromatic heterocycles. The van der Waals surface area contributed by atoms with Crippen LogP contribution in [-0.2, 0) is 16.0 Å². The highest BCUT2D eigenvalue weighted by Gasteiger charge is 2.15. The molecule has 0 saturated heterocycles. The zero-order valence-electron chi connectivity index (χ0n) is 12.8. The van der Waals surface area contributed by atoms with Crippen LogP contribution in [0.5, 0.6) is 0 Å². The van der Waals surface area contributed by atoms with E-state index in [9.17, 15) is 14.0 Å². The lowest BCUT2D eigenvalue weighted by Gasteiger charge is -2.17. The van der Waals surface area contributed by atoms with Crippen LogP contribution in [-0.4, -0.2) is 24.9 Å². The lowest BCUT2D eigenvalue weighted by Crippen LogP contribution is -2.36. The fourth-order valence-corrected chi connectivity index (χ4v) is 1.80. The second kappa shape index (κ2) is 7.76. The molecule has 2 amide bonds. The summed E-state index contributed by atoms with van der Waals surface area (Å²) in [4.78, 5) is 23.2. The van der Waals surface area contributed by atoms with Crippen LogP contribution in [0.1, 0.15) is 32.8 Å². The smallest absolute Gasteiger partial charge is 0.224 e. The van der Waals surface area contributed by atoms with E-state index in [1.807, 2.05) is 20.8 Å². The highest BCUT2D eigenvalue weighted by atomic mass is 19.1. The summed E-state index contributed by atoms with van der Waals surface area (Å²) in [6.07, 6.45) is 0.659. The maximum absolute atomic E-state index is 12.7. The van der Waals surface area contributed by atoms with E-state index >= 15 is 0 Å². The molecule has 0 unspecified atom stereocenters. The number of carbonyl (C=O) groups excluding carboxylic acids is 2. The molecule has 4 nitrogen and oxygen atoms in total. The Morgan fingerprint density at radius 1 is 1.00 bits per heavy atom. The zero-order chi connectivity index (χ0) is 15.9. The lowest BCUT2D eigenvalue weighted by atomic mass is 9.92. The maximum atomic E-state index is 12.7. The van der Waals surface area contributed by atoms with Gasteiger partial charge in [-0.3, -0.25) is 9.59 Å². The molecule has 0 bridgehead atoms. The van der Waals surface area contributed by atoms with E-state index in [-0.39, 0.29) is 29.5 Å². The Morgan fingerprint density at radius 2 is 1.52 bits per heavy atom. The van der Waals surface area contributed by atoms with Gasteiger partial charge in [0.05, 0.1) is 6.42 Å². The van der Waals surface area contributed by atoms with Gasteiger partial charge in [-0.1, -0.05) is 32.9 Å². The van der Waals surface area contributed by atoms with Gasteiger partial charge in [-0.05, 0) is 23.1 Å². The molecule has 116 valence electrons. The van der Waals surface area contributed by atoms with Crippen LogP contribution in [0.4, 0.5) is 4.39 Å². The van der Waals surface area contributed by atoms with Gasteiger partial charge in [0.15, 0.2) is 0 Å². The van der Waals surface area contributed by atoms with Crippen LogP contribution < -0.4 is 10.6 Å². The van der Waals surface area contributed by atoms with Crippen molar-refractivity contribution in [2.45, 2.75) is 33.6 Å². The van der Waals surface area contributed by atoms with Crippen LogP contribution in [0, 0.1) is 11.2 Å². The SMILES string of the molecule is CC(C)(C)CC(=O)NCCNC(=O)Cc1ccc(F)cc1. The summed E-state index contributed by atoms with van der Waals surface area (Å²) in [6.45, 7) is 6.78. The molecule has 0 fully saturated rings. The standard InChI is InChI=1S/C16H23FN2O2/c1-16(2,3)11-15(21)19-9-8-18-14(20)10-12-4-6-13(17)7-5-12/h4-7H,8-11H2,1-3H3,(H,18,20)(H,19,21). The third kappa shape index (κ3) is 8.07. The number of carbonyl (C=O) groups is 2. The number of nitrogens with one attached hydrogen (secondary N) is 2. The topological polar surface area (TPSA) is 58.2 Å². The minimum Gasteiger partial charge on any atom is -0.354 e. The molecular formula is C16H23FN2O2. The maximum Gasteiger partial charge on any atom is 0.224 e. The van der Waals surface area contributed by atoms with Crippen molar-refractivity contribution >= 4 is 11.8 Å². The van der Waals surface area contributed by atoms with Crippen LogP contribution in [0.3, 0.4) is 0 Å². The summed E-state index contributed by atoms with van der Waals surface area (Å²) in [5, 5.41) is 5.48. The average Bonchev–Trinajstić information content (AvgIpc) is 2.35. The van der Waals surface area contributed by atoms with Crippen LogP contribution in [0.25, 0.3) is 0 Å². The number of amides is 2. The van der Waals surface area contributed by atoms with Crippen molar-refractivity contribution < 1.29 is 14.0 Å². The second-order valence-electron chi connectivity index (χ2n) is 6.24. The fourth-order valence-electron chi connectivity index (χ4n) is 1.80. The Labute approximate surface area is 125 Å². The molecule has 1 aromatic carbocycles. The van der Waals surface area contributed by atoms with Gasteiger partial charge < -0.3 is 10.6 Å². The van der Waals surface area contributed by atoms with E-state index in [2.05, 4.69) is 10.6 Å². The molecule has 0 spiro atoms. The summed E-state index contributed by atoms with van der Waals surface area (Å²) in [5.41, 5.74) is 0.710. The average molecular weight is 294 g/mol. The Balaban J connectivity index is 2.19. The minimum absolute atomic E-state index is 0.0183. The molecule has 0 aliphatic carbocycles. The molecule has 0 radical (unpaired) electrons. The number of hydrogen-bond donors (Lipinski definition) is 2. The van der Waals surface area contributed by atoms with Crippen LogP contribution >= 0.6 is 0 Å². The van der Waals surface area contributed by atoms with Gasteiger partial charge in [0.1, 0.15) is 5.82 Å². The number of benzene rings is 1. The zero-order valence-corrected chi connectivity index (χ0v) is 12.8. The van der Waals surface area contributed by atoms with Crippen LogP contribution in [0.2, 0.25) is 0 Å². The van der Waals surface area contributed by atoms with Gasteiger partial charge in [-0.15, -0.1) is 0 Å². The summed E-state index contributed by atoms with van der Waals surface area (Å²) in [5.74, 6) is -0.484. The van der Waals surface area contributed by atoms with Crippen molar-refractivity contribution in [2.75, 3.05) is 13.1 Å². The normalized spacial score (nSPS) is 11.0. The predicted octanol–water partition coefficient (Wildman–Crippen LogP) is 2.04. The summed E-state index contributed by atoms with van der Waals surface area (Å²) < 4.78 is 12.7. The molecule has 1 aromatic rings. The monoisotopic (exact) mass is 294 g/mol. The van der Waals surface area contributed by atoms with Crippen molar-refractivity contribution in [3.8, 4) is 0 Å². The number of rotatable bonds is 6. The van der Waals surface area contributed by atoms with Crippen molar-refractivity contribution in [1.29, 1.82) is 0 Å². The van der Waals surface area contributed by atoms with E-state index in [0.29, 0.717) is 19.5 Å². The first kappa shape index (κ1) is 17.1. The van der Waals surface area contributed by atoms with Crippen LogP contribution in [0.15, 0.2) is 24.3 Å². The van der Waals surface area contributed by atoms with Crippen molar-refractivity contribution in [3.63, 3.8) is 0 Å². The van der Waals surface area contributed by atoms with E-state index < -0.39 is 0 Å². The van der Waals surface area contributed by atoms with E-state index in [1.54, 1.807) is 12.1 Å². The van der Waals surface area contributed by atoms with Gasteiger partial charge in [-0.25, -0.2) is 4.39 Å². The van der Waals surface area contributed by atoms with Gasteiger partial charge in [0.25, 0.3) is 0 Å². The first-order valence-electron chi connectivity index (χ1n) is 7.04. The molecular weight excluding hydrogens is 271 g/mol. The Morgan fingerprint density at radius 3 is 2.05 bits per heavy atom. The van der Waals surface area contributed by atoms with Crippen molar-refractivity contribution in [2.24, 2.45) is 5.41 Å². The van der Waals surface area contributed by atoms with Crippen molar-refractivity contribution in [3.05, 3.63) is 35.6 Å². The molecule has 0 heterocycles. The first-order valence-corrected chi connectivity index (χ1v) is 7.04. The van der Waals surface area contributed by atoms with E-state index in [0.717, 1.165) is 5.56 Å². The molecule has 0 aliphatic rings. The van der Waals surface area contributed by atoms with Gasteiger partial charge in [-0.2, -0.15) is 0 Å². The molecule has 1 rings (SSSR count). The fraction of sp³-hybridized carbons (Fsp3) is 0.500. The molecule has 2 N–H and O–H groups in total. The summed E-state index contributed by atoms with van der Waals surface area (Å²) >= 11 is 0. The Kier molecular flexibility index (Phi) is 6.34. The molecule has 21 heavy (non-hydrogen) atoms. The Hall–Kier alpha value is -1.91. The molecule has 0 atom stereocenters. The minimum atomic E-state index is -0.319. The molecule has 5 heteroatoms. The number of hydrogen-bond acceptors (Lipinski definition) is 2. The third-order valence-electron chi connectivity index (χ3n) is 2.74. The summed E-state index contributed by atoms with van der Waals surface area (Å²) in [6, 6.07) is 5.82. The lowest BCUT2D eigenvalue weighted by molar-refractivity contribution is -0.123. The molecule has 0 saturated carbocycles. The highest BCUT2D eigenvalue weighted by molar-refractivity contribution is 5.79. The molecule has 0 aliphatic heterocycles. The highest BCUT2D eigenvalue weighted by Crippen LogP contribution is 2.17. The van der Waals surface area contributed by atoms with E-state index in [1.165, 1.54) is 12.1 Å². The number of halogens is 1. The van der Waals surface area contributed by atoms with Gasteiger partial charge >= 0.3 is 0 Å². The van der Waals surface area contributed by atoms with E-state index in [4.69, 9.17) is 0 Å². The first-order chi connectivity index (χ1) is 9.76. The second-order valence-corrected chi connectivity index (χ2v) is 6.24. The quantitative estimate of drug-likeness (QED) is 0.789. The van der Waals surface area contributed by atoms with Gasteiger partial charge in [0, 0.05) is 19.5 Å². The predicted molar refractivity (Wildman–Crippen MR) is 80.2 cm³/mol. The van der Waals surface area contributed by atoms with Crippen molar-refractivity contribution in [1.82, 2.24) is 10.6 Å². The largest absolute Gasteiger partial charge is 0.354 e. The summed E-state index contributed by atoms with van der Waals surface area (Å²) in [7, 11) is 0. The third-order valence-corrected chi connectivity index (χ3v) is 2.74.